The van der Waals surface area contributed by atoms with Gasteiger partial charge in [0.2, 0.25) is 0 Å². The molecule has 0 atom stereocenters. The average Bonchev–Trinajstić information content (AvgIpc) is 2.30. The number of hydrogen-bond donors (Lipinski definition) is 1. The Morgan fingerprint density at radius 1 is 1.33 bits per heavy atom. The summed E-state index contributed by atoms with van der Waals surface area (Å²) < 4.78 is 4.45. The molecule has 15 heavy (non-hydrogen) atoms. The van der Waals surface area contributed by atoms with E-state index < -0.39 is 0 Å². The van der Waals surface area contributed by atoms with Crippen LogP contribution in [0.4, 0.5) is 5.69 Å². The van der Waals surface area contributed by atoms with Crippen molar-refractivity contribution in [1.82, 2.24) is 0 Å². The molecule has 0 aliphatic rings. The van der Waals surface area contributed by atoms with Gasteiger partial charge in [-0.2, -0.15) is 0 Å². The van der Waals surface area contributed by atoms with Gasteiger partial charge in [0.1, 0.15) is 0 Å². The van der Waals surface area contributed by atoms with Crippen molar-refractivity contribution in [2.45, 2.75) is 13.8 Å². The van der Waals surface area contributed by atoms with Gasteiger partial charge in [-0.15, -0.1) is 0 Å². The highest BCUT2D eigenvalue weighted by Gasteiger charge is 1.94. The summed E-state index contributed by atoms with van der Waals surface area (Å²) in [5, 5.41) is 0. The van der Waals surface area contributed by atoms with E-state index in [1.165, 1.54) is 13.2 Å². The Hall–Kier alpha value is -1.77. The third-order valence-electron chi connectivity index (χ3n) is 1.60. The van der Waals surface area contributed by atoms with Gasteiger partial charge in [0.05, 0.1) is 7.11 Å². The van der Waals surface area contributed by atoms with Gasteiger partial charge >= 0.3 is 5.97 Å². The van der Waals surface area contributed by atoms with Crippen LogP contribution >= 0.6 is 0 Å². The minimum absolute atomic E-state index is 0.386. The zero-order chi connectivity index (χ0) is 11.7. The van der Waals surface area contributed by atoms with Gasteiger partial charge in [-0.1, -0.05) is 32.0 Å². The lowest BCUT2D eigenvalue weighted by Crippen LogP contribution is -1.94. The van der Waals surface area contributed by atoms with Crippen molar-refractivity contribution in [3.63, 3.8) is 0 Å². The number of carbonyl (C=O) groups excluding carboxylic acids is 1. The van der Waals surface area contributed by atoms with Crippen LogP contribution in [0.2, 0.25) is 0 Å². The first-order valence-corrected chi connectivity index (χ1v) is 4.84. The molecule has 0 aromatic heterocycles. The molecular formula is C12H17NO2. The minimum atomic E-state index is -0.386. The number of para-hydroxylation sites is 1. The van der Waals surface area contributed by atoms with Crippen LogP contribution in [-0.2, 0) is 9.53 Å². The summed E-state index contributed by atoms with van der Waals surface area (Å²) in [4.78, 5) is 10.7. The van der Waals surface area contributed by atoms with Crippen molar-refractivity contribution in [2.75, 3.05) is 12.8 Å². The maximum atomic E-state index is 10.7. The van der Waals surface area contributed by atoms with Crippen molar-refractivity contribution in [3.05, 3.63) is 35.9 Å². The van der Waals surface area contributed by atoms with Gasteiger partial charge in [0, 0.05) is 11.8 Å². The fourth-order valence-electron chi connectivity index (χ4n) is 0.889. The quantitative estimate of drug-likeness (QED) is 0.460. The van der Waals surface area contributed by atoms with Crippen LogP contribution in [0.5, 0.6) is 0 Å². The lowest BCUT2D eigenvalue weighted by atomic mass is 10.2. The first-order chi connectivity index (χ1) is 7.24. The highest BCUT2D eigenvalue weighted by Crippen LogP contribution is 2.11. The second-order valence-electron chi connectivity index (χ2n) is 2.49. The van der Waals surface area contributed by atoms with Crippen molar-refractivity contribution in [3.8, 4) is 0 Å². The van der Waals surface area contributed by atoms with Crippen LogP contribution in [0.1, 0.15) is 19.4 Å². The van der Waals surface area contributed by atoms with E-state index in [-0.39, 0.29) is 5.97 Å². The standard InChI is InChI=1S/C10H11NO2.C2H6/c1-13-10(12)7-6-8-4-2-3-5-9(8)11;1-2/h2-7H,11H2,1H3;1-2H3/b7-6+;. The number of nitrogens with two attached hydrogens (primary N) is 1. The van der Waals surface area contributed by atoms with Crippen molar-refractivity contribution >= 4 is 17.7 Å². The van der Waals surface area contributed by atoms with Gasteiger partial charge in [0.25, 0.3) is 0 Å². The number of esters is 1. The third kappa shape index (κ3) is 4.86. The molecule has 82 valence electrons. The Morgan fingerprint density at radius 2 is 1.93 bits per heavy atom. The molecule has 3 heteroatoms. The van der Waals surface area contributed by atoms with Crippen molar-refractivity contribution in [2.24, 2.45) is 0 Å². The maximum absolute atomic E-state index is 10.7. The number of nitrogen functional groups attached to an aromatic ring is 1. The van der Waals surface area contributed by atoms with Crippen LogP contribution in [0.15, 0.2) is 30.3 Å². The third-order valence-corrected chi connectivity index (χ3v) is 1.60. The second kappa shape index (κ2) is 7.62. The summed E-state index contributed by atoms with van der Waals surface area (Å²) in [5.74, 6) is -0.386. The van der Waals surface area contributed by atoms with E-state index in [0.717, 1.165) is 5.56 Å². The zero-order valence-electron chi connectivity index (χ0n) is 9.36. The van der Waals surface area contributed by atoms with Gasteiger partial charge in [0.15, 0.2) is 0 Å². The Morgan fingerprint density at radius 3 is 2.47 bits per heavy atom. The van der Waals surface area contributed by atoms with E-state index in [4.69, 9.17) is 5.73 Å². The van der Waals surface area contributed by atoms with E-state index in [1.807, 2.05) is 32.0 Å². The molecule has 3 nitrogen and oxygen atoms in total. The molecule has 0 spiro atoms. The number of hydrogen-bond acceptors (Lipinski definition) is 3. The SMILES string of the molecule is CC.COC(=O)/C=C/c1ccccc1N. The molecule has 0 saturated carbocycles. The number of methoxy groups -OCH3 is 1. The Labute approximate surface area is 90.6 Å². The highest BCUT2D eigenvalue weighted by atomic mass is 16.5. The second-order valence-corrected chi connectivity index (χ2v) is 2.49. The number of carbonyl (C=O) groups is 1. The van der Waals surface area contributed by atoms with E-state index >= 15 is 0 Å². The number of ether oxygens (including phenoxy) is 1. The van der Waals surface area contributed by atoms with Gasteiger partial charge in [-0.3, -0.25) is 0 Å². The van der Waals surface area contributed by atoms with Crippen LogP contribution in [-0.4, -0.2) is 13.1 Å². The first-order valence-electron chi connectivity index (χ1n) is 4.84. The fourth-order valence-corrected chi connectivity index (χ4v) is 0.889. The summed E-state index contributed by atoms with van der Waals surface area (Å²) in [5.41, 5.74) is 7.10. The first kappa shape index (κ1) is 13.2. The summed E-state index contributed by atoms with van der Waals surface area (Å²) >= 11 is 0. The molecule has 2 N–H and O–H groups in total. The van der Waals surface area contributed by atoms with Gasteiger partial charge in [-0.25, -0.2) is 4.79 Å². The average molecular weight is 207 g/mol. The topological polar surface area (TPSA) is 52.3 Å². The smallest absolute Gasteiger partial charge is 0.330 e. The van der Waals surface area contributed by atoms with Crippen molar-refractivity contribution < 1.29 is 9.53 Å². The number of anilines is 1. The van der Waals surface area contributed by atoms with Crippen LogP contribution in [0.25, 0.3) is 6.08 Å². The van der Waals surface area contributed by atoms with E-state index in [2.05, 4.69) is 4.74 Å². The molecule has 0 aliphatic heterocycles. The molecule has 0 heterocycles. The van der Waals surface area contributed by atoms with Crippen LogP contribution in [0, 0.1) is 0 Å². The maximum Gasteiger partial charge on any atom is 0.330 e. The molecule has 0 bridgehead atoms. The zero-order valence-corrected chi connectivity index (χ0v) is 9.36. The molecular weight excluding hydrogens is 190 g/mol. The summed E-state index contributed by atoms with van der Waals surface area (Å²) in [6.07, 6.45) is 2.97. The molecule has 0 saturated heterocycles. The summed E-state index contributed by atoms with van der Waals surface area (Å²) in [7, 11) is 1.33. The molecule has 0 fully saturated rings. The largest absolute Gasteiger partial charge is 0.466 e. The fraction of sp³-hybridized carbons (Fsp3) is 0.250. The molecule has 0 amide bonds. The number of benzene rings is 1. The number of rotatable bonds is 2. The van der Waals surface area contributed by atoms with E-state index in [9.17, 15) is 4.79 Å². The van der Waals surface area contributed by atoms with E-state index in [1.54, 1.807) is 12.1 Å². The predicted molar refractivity (Wildman–Crippen MR) is 63.3 cm³/mol. The Balaban J connectivity index is 0.000000921. The lowest BCUT2D eigenvalue weighted by Gasteiger charge is -1.97. The molecule has 1 aromatic rings. The monoisotopic (exact) mass is 207 g/mol. The lowest BCUT2D eigenvalue weighted by molar-refractivity contribution is -0.134. The molecule has 0 radical (unpaired) electrons. The Bertz CT molecular complexity index is 332. The van der Waals surface area contributed by atoms with E-state index in [0.29, 0.717) is 5.69 Å². The summed E-state index contributed by atoms with van der Waals surface area (Å²) in [6, 6.07) is 7.30. The summed E-state index contributed by atoms with van der Waals surface area (Å²) in [6.45, 7) is 4.00. The molecule has 1 rings (SSSR count). The highest BCUT2D eigenvalue weighted by molar-refractivity contribution is 5.88. The minimum Gasteiger partial charge on any atom is -0.466 e. The molecule has 0 unspecified atom stereocenters. The normalized spacial score (nSPS) is 9.27. The molecule has 1 aromatic carbocycles. The van der Waals surface area contributed by atoms with Gasteiger partial charge < -0.3 is 10.5 Å². The predicted octanol–water partition coefficient (Wildman–Crippen LogP) is 2.48. The van der Waals surface area contributed by atoms with Crippen molar-refractivity contribution in [1.29, 1.82) is 0 Å². The van der Waals surface area contributed by atoms with Crippen LogP contribution in [0.3, 0.4) is 0 Å². The Kier molecular flexibility index (Phi) is 6.72. The van der Waals surface area contributed by atoms with Crippen LogP contribution < -0.4 is 5.73 Å². The van der Waals surface area contributed by atoms with Gasteiger partial charge in [-0.05, 0) is 17.7 Å². The molecule has 0 aliphatic carbocycles.